The van der Waals surface area contributed by atoms with E-state index in [2.05, 4.69) is 39.9 Å². The number of hydrogen-bond donors (Lipinski definition) is 5. The van der Waals surface area contributed by atoms with Crippen molar-refractivity contribution in [2.24, 2.45) is 74.7 Å². The number of rotatable bonds is 10. The highest BCUT2D eigenvalue weighted by atomic mass is 16.6. The van der Waals surface area contributed by atoms with Gasteiger partial charge >= 0.3 is 0 Å². The molecule has 7 aliphatic carbocycles. The normalized spacial score (nSPS) is 51.9. The lowest BCUT2D eigenvalue weighted by Crippen LogP contribution is -2.72. The Morgan fingerprint density at radius 2 is 1.71 bits per heavy atom. The summed E-state index contributed by atoms with van der Waals surface area (Å²) < 4.78 is 14.4. The smallest absolute Gasteiger partial charge is 0.162 e. The Balaban J connectivity index is 1.05. The topological polar surface area (TPSA) is 138 Å². The van der Waals surface area contributed by atoms with Gasteiger partial charge < -0.3 is 35.8 Å². The van der Waals surface area contributed by atoms with Gasteiger partial charge in [0.05, 0.1) is 23.5 Å². The SMILES string of the molecule is CC1CCOC(C2OC2C(C)(O)C(C)(C)CCC2CCNC(N)C2)(C2CC3CCC4=C5C6C(CCC7CCCCC7)(CCC7CC(O)CC(C4=O)C76C)CC2(C)C53O)C1. The third kappa shape index (κ3) is 6.00. The molecule has 0 spiro atoms. The maximum absolute atomic E-state index is 15.1. The van der Waals surface area contributed by atoms with Crippen LogP contribution in [-0.4, -0.2) is 75.5 Å². The van der Waals surface area contributed by atoms with Crippen LogP contribution in [0, 0.1) is 69.0 Å². The quantitative estimate of drug-likeness (QED) is 0.139. The largest absolute Gasteiger partial charge is 0.393 e. The molecule has 17 unspecified atom stereocenters. The summed E-state index contributed by atoms with van der Waals surface area (Å²) in [6.07, 6.45) is 21.2. The molecular formula is C51H82N2O6. The molecule has 0 aromatic heterocycles. The maximum Gasteiger partial charge on any atom is 0.162 e. The van der Waals surface area contributed by atoms with Crippen molar-refractivity contribution >= 4 is 5.78 Å². The van der Waals surface area contributed by atoms with Crippen LogP contribution < -0.4 is 11.1 Å². The van der Waals surface area contributed by atoms with Gasteiger partial charge in [-0.25, -0.2) is 0 Å². The van der Waals surface area contributed by atoms with Gasteiger partial charge in [0.2, 0.25) is 0 Å². The highest BCUT2D eigenvalue weighted by Gasteiger charge is 2.81. The third-order valence-electron chi connectivity index (χ3n) is 21.4. The third-order valence-corrected chi connectivity index (χ3v) is 21.4. The van der Waals surface area contributed by atoms with Crippen LogP contribution in [0.1, 0.15) is 176 Å². The van der Waals surface area contributed by atoms with E-state index in [9.17, 15) is 15.3 Å². The summed E-state index contributed by atoms with van der Waals surface area (Å²) in [6, 6.07) is 0. The number of piperidine rings is 1. The van der Waals surface area contributed by atoms with E-state index in [1.54, 1.807) is 0 Å². The van der Waals surface area contributed by atoms with E-state index in [-0.39, 0.29) is 64.1 Å². The van der Waals surface area contributed by atoms with E-state index in [1.807, 2.05) is 6.92 Å². The molecule has 0 aromatic carbocycles. The number of ether oxygens (including phenoxy) is 2. The fourth-order valence-electron chi connectivity index (χ4n) is 17.9. The average molecular weight is 819 g/mol. The number of ketones is 1. The summed E-state index contributed by atoms with van der Waals surface area (Å²) in [7, 11) is 0. The van der Waals surface area contributed by atoms with Crippen LogP contribution in [0.4, 0.5) is 0 Å². The average Bonchev–Trinajstić information content (AvgIpc) is 3.98. The Hall–Kier alpha value is -0.870. The first-order chi connectivity index (χ1) is 27.9. The van der Waals surface area contributed by atoms with Crippen molar-refractivity contribution in [3.8, 4) is 0 Å². The van der Waals surface area contributed by atoms with E-state index >= 15 is 4.79 Å². The molecule has 332 valence electrons. The zero-order valence-corrected chi connectivity index (χ0v) is 37.8. The van der Waals surface area contributed by atoms with Crippen molar-refractivity contribution in [3.05, 3.63) is 11.1 Å². The van der Waals surface area contributed by atoms with E-state index < -0.39 is 28.3 Å². The maximum atomic E-state index is 15.1. The highest BCUT2D eigenvalue weighted by molar-refractivity contribution is 6.00. The predicted molar refractivity (Wildman–Crippen MR) is 230 cm³/mol. The molecular weight excluding hydrogens is 737 g/mol. The molecule has 59 heavy (non-hydrogen) atoms. The van der Waals surface area contributed by atoms with Gasteiger partial charge in [0, 0.05) is 17.9 Å². The van der Waals surface area contributed by atoms with Crippen molar-refractivity contribution in [2.45, 2.75) is 218 Å². The number of epoxide rings is 1. The Morgan fingerprint density at radius 3 is 2.46 bits per heavy atom. The lowest BCUT2D eigenvalue weighted by atomic mass is 9.32. The minimum atomic E-state index is -1.08. The number of allylic oxidation sites excluding steroid dienone is 1. The summed E-state index contributed by atoms with van der Waals surface area (Å²) in [5.74, 6) is 2.49. The lowest BCUT2D eigenvalue weighted by molar-refractivity contribution is -0.238. The van der Waals surface area contributed by atoms with Crippen molar-refractivity contribution in [2.75, 3.05) is 13.2 Å². The second-order valence-electron chi connectivity index (χ2n) is 24.7. The minimum absolute atomic E-state index is 0.00801. The van der Waals surface area contributed by atoms with Crippen LogP contribution in [0.5, 0.6) is 0 Å². The van der Waals surface area contributed by atoms with Crippen LogP contribution in [0.3, 0.4) is 0 Å². The molecule has 0 radical (unpaired) electrons. The van der Waals surface area contributed by atoms with Crippen LogP contribution >= 0.6 is 0 Å². The van der Waals surface area contributed by atoms with Gasteiger partial charge in [0.15, 0.2) is 5.78 Å². The monoisotopic (exact) mass is 819 g/mol. The number of nitrogens with two attached hydrogens (primary N) is 1. The van der Waals surface area contributed by atoms with Gasteiger partial charge in [0.25, 0.3) is 0 Å². The Morgan fingerprint density at radius 1 is 0.932 bits per heavy atom. The molecule has 3 heterocycles. The van der Waals surface area contributed by atoms with Gasteiger partial charge in [0.1, 0.15) is 17.8 Å². The summed E-state index contributed by atoms with van der Waals surface area (Å²) >= 11 is 0. The first-order valence-electron chi connectivity index (χ1n) is 25.1. The van der Waals surface area contributed by atoms with Crippen LogP contribution in [0.25, 0.3) is 0 Å². The second-order valence-corrected chi connectivity index (χ2v) is 24.7. The number of aliphatic hydroxyl groups is 3. The van der Waals surface area contributed by atoms with Gasteiger partial charge in [-0.1, -0.05) is 66.7 Å². The number of carbonyl (C=O) groups excluding carboxylic acids is 1. The molecule has 17 atom stereocenters. The van der Waals surface area contributed by atoms with Gasteiger partial charge in [-0.3, -0.25) is 4.79 Å². The fraction of sp³-hybridized carbons (Fsp3) is 0.941. The van der Waals surface area contributed by atoms with E-state index in [0.717, 1.165) is 102 Å². The Labute approximate surface area is 356 Å². The Bertz CT molecular complexity index is 1690. The van der Waals surface area contributed by atoms with Crippen LogP contribution in [0.15, 0.2) is 11.1 Å². The number of aliphatic hydroxyl groups excluding tert-OH is 1. The van der Waals surface area contributed by atoms with Crippen molar-refractivity contribution in [3.63, 3.8) is 0 Å². The first-order valence-corrected chi connectivity index (χ1v) is 25.1. The molecule has 10 rings (SSSR count). The van der Waals surface area contributed by atoms with Crippen molar-refractivity contribution in [1.82, 2.24) is 5.32 Å². The summed E-state index contributed by atoms with van der Waals surface area (Å²) in [4.78, 5) is 15.1. The molecule has 5 saturated carbocycles. The second kappa shape index (κ2) is 14.3. The number of carbonyl (C=O) groups is 1. The molecule has 3 aliphatic heterocycles. The summed E-state index contributed by atoms with van der Waals surface area (Å²) in [5.41, 5.74) is 4.55. The molecule has 0 aromatic rings. The Kier molecular flexibility index (Phi) is 10.2. The van der Waals surface area contributed by atoms with Gasteiger partial charge in [-0.15, -0.1) is 0 Å². The molecule has 10 aliphatic rings. The minimum Gasteiger partial charge on any atom is -0.393 e. The number of nitrogens with one attached hydrogen (secondary N) is 1. The fourth-order valence-corrected chi connectivity index (χ4v) is 17.9. The molecule has 8 heteroatoms. The molecule has 8 nitrogen and oxygen atoms in total. The molecule has 3 saturated heterocycles. The molecule has 0 amide bonds. The predicted octanol–water partition coefficient (Wildman–Crippen LogP) is 8.38. The van der Waals surface area contributed by atoms with Crippen molar-refractivity contribution < 1.29 is 29.6 Å². The summed E-state index contributed by atoms with van der Waals surface area (Å²) in [6.45, 7) is 15.4. The van der Waals surface area contributed by atoms with E-state index in [1.165, 1.54) is 50.5 Å². The number of hydrogen-bond acceptors (Lipinski definition) is 8. The zero-order valence-electron chi connectivity index (χ0n) is 37.8. The molecule has 0 bridgehead atoms. The lowest BCUT2D eigenvalue weighted by Gasteiger charge is -2.73. The molecule has 8 fully saturated rings. The molecule has 6 N–H and O–H groups in total. The van der Waals surface area contributed by atoms with Crippen LogP contribution in [-0.2, 0) is 14.3 Å². The van der Waals surface area contributed by atoms with E-state index in [0.29, 0.717) is 30.8 Å². The van der Waals surface area contributed by atoms with E-state index in [4.69, 9.17) is 15.2 Å². The highest BCUT2D eigenvalue weighted by Crippen LogP contribution is 2.81. The standard InChI is InChI=1S/C51H82N2O6/c1-30-18-23-58-50(28-30,44-43(59-44)48(6,56)45(2,3)19-14-32-17-22-53-39(52)24-32)38-26-34-12-13-36-40-42-47(5)33(25-35(54)27-37(47)41(36)55)16-21-49(42,29-46(38,4)51(34,40)57)20-15-31-10-8-7-9-11-31/h30-35,37-39,42-44,53-54,56-57H,7-29,52H2,1-6H3. The summed E-state index contributed by atoms with van der Waals surface area (Å²) in [5, 5.41) is 41.7. The number of Topliss-reactive ketones (excluding diaryl/α,β-unsaturated/α-hetero) is 1. The van der Waals surface area contributed by atoms with Gasteiger partial charge in [-0.05, 0) is 185 Å². The van der Waals surface area contributed by atoms with Gasteiger partial charge in [-0.2, -0.15) is 0 Å². The van der Waals surface area contributed by atoms with Crippen molar-refractivity contribution in [1.29, 1.82) is 0 Å². The van der Waals surface area contributed by atoms with Crippen LogP contribution in [0.2, 0.25) is 0 Å². The first kappa shape index (κ1) is 42.1. The zero-order chi connectivity index (χ0) is 41.5.